The molecule has 0 saturated heterocycles. The van der Waals surface area contributed by atoms with Gasteiger partial charge in [0.25, 0.3) is 0 Å². The van der Waals surface area contributed by atoms with Crippen LogP contribution in [0.25, 0.3) is 0 Å². The second-order valence-corrected chi connectivity index (χ2v) is 11.0. The molecule has 5 aliphatic rings. The van der Waals surface area contributed by atoms with Gasteiger partial charge in [-0.2, -0.15) is 0 Å². The van der Waals surface area contributed by atoms with Crippen molar-refractivity contribution in [1.82, 2.24) is 0 Å². The van der Waals surface area contributed by atoms with Crippen molar-refractivity contribution in [1.29, 1.82) is 0 Å². The van der Waals surface area contributed by atoms with E-state index in [0.717, 1.165) is 6.42 Å². The van der Waals surface area contributed by atoms with Crippen LogP contribution in [-0.2, 0) is 0 Å². The minimum Gasteiger partial charge on any atom is -0.0856 e. The Balaban J connectivity index is -0.000000110. The average Bonchev–Trinajstić information content (AvgIpc) is 3.88. The molecule has 0 fully saturated rings. The van der Waals surface area contributed by atoms with Crippen molar-refractivity contribution >= 4 is 0 Å². The normalized spacial score (nSPS) is 14.5. The first-order chi connectivity index (χ1) is 24.4. The number of hydrogen-bond donors (Lipinski definition) is 0. The van der Waals surface area contributed by atoms with E-state index in [9.17, 15) is 0 Å². The van der Waals surface area contributed by atoms with Gasteiger partial charge in [0.1, 0.15) is 0 Å². The average molecular weight is 693 g/mol. The third-order valence-corrected chi connectivity index (χ3v) is 6.94. The Hall–Kier alpha value is -2.60. The van der Waals surface area contributed by atoms with E-state index >= 15 is 0 Å². The van der Waals surface area contributed by atoms with Gasteiger partial charge < -0.3 is 0 Å². The summed E-state index contributed by atoms with van der Waals surface area (Å²) in [6.45, 7) is 37.0. The lowest BCUT2D eigenvalue weighted by atomic mass is 10.0. The van der Waals surface area contributed by atoms with Gasteiger partial charge in [-0.05, 0) is 119 Å². The largest absolute Gasteiger partial charge is 0.0856 e. The monoisotopic (exact) mass is 693 g/mol. The van der Waals surface area contributed by atoms with Crippen molar-refractivity contribution in [3.8, 4) is 0 Å². The fourth-order valence-electron chi connectivity index (χ4n) is 4.10. The van der Waals surface area contributed by atoms with Gasteiger partial charge in [-0.1, -0.05) is 202 Å². The van der Waals surface area contributed by atoms with Crippen molar-refractivity contribution in [3.63, 3.8) is 0 Å². The lowest BCUT2D eigenvalue weighted by Gasteiger charge is -2.05. The summed E-state index contributed by atoms with van der Waals surface area (Å²) >= 11 is 0. The van der Waals surface area contributed by atoms with E-state index in [1.165, 1.54) is 87.3 Å². The molecule has 0 aromatic heterocycles. The molecule has 0 saturated carbocycles. The number of benzene rings is 1. The van der Waals surface area contributed by atoms with Gasteiger partial charge in [-0.15, -0.1) is 0 Å². The van der Waals surface area contributed by atoms with Gasteiger partial charge in [0.15, 0.2) is 0 Å². The molecule has 292 valence electrons. The first kappa shape index (κ1) is 59.5. The first-order valence-corrected chi connectivity index (χ1v) is 21.0. The summed E-state index contributed by atoms with van der Waals surface area (Å²) in [5.74, 6) is 0. The molecule has 0 bridgehead atoms. The zero-order valence-electron chi connectivity index (χ0n) is 37.6. The van der Waals surface area contributed by atoms with Crippen LogP contribution in [0.15, 0.2) is 113 Å². The third kappa shape index (κ3) is 52.2. The summed E-state index contributed by atoms with van der Waals surface area (Å²) < 4.78 is 0. The Morgan fingerprint density at radius 1 is 0.400 bits per heavy atom. The zero-order chi connectivity index (χ0) is 39.8. The maximum absolute atomic E-state index is 2.35. The third-order valence-electron chi connectivity index (χ3n) is 6.94. The van der Waals surface area contributed by atoms with Gasteiger partial charge in [0.2, 0.25) is 0 Å². The summed E-state index contributed by atoms with van der Waals surface area (Å²) in [7, 11) is 0. The smallest absolute Gasteiger partial charge is 0.0160 e. The summed E-state index contributed by atoms with van der Waals surface area (Å²) in [6.07, 6.45) is 35.8. The van der Waals surface area contributed by atoms with Gasteiger partial charge in [-0.25, -0.2) is 0 Å². The van der Waals surface area contributed by atoms with E-state index in [4.69, 9.17) is 0 Å². The SMILES string of the molecule is CC.CC.CC.CC.CC.CC.CC1=CC=CCC1.CC1=CCC1.CC1=CCC=C1.CC1=CCCC1.CC1=CCCCC1.Cc1ccccc1. The van der Waals surface area contributed by atoms with E-state index < -0.39 is 0 Å². The van der Waals surface area contributed by atoms with Crippen LogP contribution in [0.2, 0.25) is 0 Å². The number of allylic oxidation sites excluding steroid dienone is 14. The molecule has 1 aromatic carbocycles. The molecule has 0 aliphatic heterocycles. The van der Waals surface area contributed by atoms with Crippen molar-refractivity contribution < 1.29 is 0 Å². The molecule has 6 rings (SSSR count). The summed E-state index contributed by atoms with van der Waals surface area (Å²) in [5.41, 5.74) is 8.95. The molecular weight excluding hydrogens is 601 g/mol. The highest BCUT2D eigenvalue weighted by atomic mass is 14.0. The molecule has 0 nitrogen and oxygen atoms in total. The Morgan fingerprint density at radius 2 is 0.860 bits per heavy atom. The molecule has 1 aromatic rings. The molecular formula is C50H92. The van der Waals surface area contributed by atoms with Crippen LogP contribution in [0.4, 0.5) is 0 Å². The van der Waals surface area contributed by atoms with E-state index in [1.807, 2.05) is 101 Å². The van der Waals surface area contributed by atoms with Crippen LogP contribution in [0.5, 0.6) is 0 Å². The quantitative estimate of drug-likeness (QED) is 0.237. The van der Waals surface area contributed by atoms with E-state index in [-0.39, 0.29) is 0 Å². The molecule has 0 unspecified atom stereocenters. The Kier molecular flexibility index (Phi) is 66.4. The molecule has 0 atom stereocenters. The number of hydrogen-bond acceptors (Lipinski definition) is 0. The fraction of sp³-hybridized carbons (Fsp3) is 0.600. The van der Waals surface area contributed by atoms with Crippen LogP contribution in [0.1, 0.15) is 200 Å². The van der Waals surface area contributed by atoms with Crippen LogP contribution < -0.4 is 0 Å². The van der Waals surface area contributed by atoms with Gasteiger partial charge in [0.05, 0.1) is 0 Å². The number of rotatable bonds is 0. The van der Waals surface area contributed by atoms with Crippen molar-refractivity contribution in [2.75, 3.05) is 0 Å². The van der Waals surface area contributed by atoms with Crippen LogP contribution in [-0.4, -0.2) is 0 Å². The van der Waals surface area contributed by atoms with Gasteiger partial charge in [-0.3, -0.25) is 0 Å². The lowest BCUT2D eigenvalue weighted by molar-refractivity contribution is 0.702. The molecule has 0 radical (unpaired) electrons. The second-order valence-electron chi connectivity index (χ2n) is 11.0. The molecule has 0 heterocycles. The van der Waals surface area contributed by atoms with E-state index in [2.05, 4.69) is 108 Å². The fourth-order valence-corrected chi connectivity index (χ4v) is 4.10. The van der Waals surface area contributed by atoms with E-state index in [1.54, 1.807) is 16.7 Å². The predicted octanol–water partition coefficient (Wildman–Crippen LogP) is 18.7. The first-order valence-electron chi connectivity index (χ1n) is 21.0. The van der Waals surface area contributed by atoms with Crippen molar-refractivity contribution in [3.05, 3.63) is 118 Å². The molecule has 0 amide bonds. The van der Waals surface area contributed by atoms with Crippen LogP contribution in [0.3, 0.4) is 0 Å². The Labute approximate surface area is 319 Å². The van der Waals surface area contributed by atoms with Gasteiger partial charge >= 0.3 is 0 Å². The predicted molar refractivity (Wildman–Crippen MR) is 242 cm³/mol. The minimum atomic E-state index is 1.14. The highest BCUT2D eigenvalue weighted by Crippen LogP contribution is 2.16. The van der Waals surface area contributed by atoms with Crippen LogP contribution in [0, 0.1) is 6.92 Å². The summed E-state index contributed by atoms with van der Waals surface area (Å²) in [6, 6.07) is 10.3. The van der Waals surface area contributed by atoms with Gasteiger partial charge in [0, 0.05) is 0 Å². The maximum Gasteiger partial charge on any atom is -0.0160 e. The molecule has 50 heavy (non-hydrogen) atoms. The lowest BCUT2D eigenvalue weighted by Crippen LogP contribution is -1.85. The molecule has 0 N–H and O–H groups in total. The molecule has 0 spiro atoms. The maximum atomic E-state index is 2.35. The molecule has 0 heteroatoms. The summed E-state index contributed by atoms with van der Waals surface area (Å²) in [5, 5.41) is 0. The number of aryl methyl sites for hydroxylation is 1. The topological polar surface area (TPSA) is 0 Å². The Bertz CT molecular complexity index is 954. The summed E-state index contributed by atoms with van der Waals surface area (Å²) in [4.78, 5) is 0. The van der Waals surface area contributed by atoms with Crippen LogP contribution >= 0.6 is 0 Å². The molecule has 5 aliphatic carbocycles. The van der Waals surface area contributed by atoms with Crippen molar-refractivity contribution in [2.24, 2.45) is 0 Å². The highest BCUT2D eigenvalue weighted by Gasteiger charge is 1.96. The minimum absolute atomic E-state index is 1.14. The highest BCUT2D eigenvalue weighted by molar-refractivity contribution is 5.23. The van der Waals surface area contributed by atoms with Crippen molar-refractivity contribution in [2.45, 2.75) is 202 Å². The van der Waals surface area contributed by atoms with E-state index in [0.29, 0.717) is 0 Å². The second kappa shape index (κ2) is 55.8. The Morgan fingerprint density at radius 3 is 1.02 bits per heavy atom. The zero-order valence-corrected chi connectivity index (χ0v) is 37.6. The standard InChI is InChI=1S/C7H12.C7H10.C7H8.C6H10.C6H8.C5H8.6C2H6/c3*1-7-5-3-2-4-6-7;2*1-6-4-2-3-5-6;1-5-3-2-4-5;6*1-2/h5H,2-4,6H2,1H3;2-3,5H,4,6H2,1H3;2-6H,1H3;4H,2-3,5H2,1H3;2,4-5H,3H2,1H3;3H,2,4H2,1H3;6*1-2H3.